The largest absolute Gasteiger partial charge is 0.496 e. The molecule has 0 aliphatic heterocycles. The van der Waals surface area contributed by atoms with E-state index in [4.69, 9.17) is 9.84 Å². The van der Waals surface area contributed by atoms with Gasteiger partial charge >= 0.3 is 12.0 Å². The molecule has 0 aliphatic rings. The lowest BCUT2D eigenvalue weighted by atomic mass is 10.2. The molecule has 6 nitrogen and oxygen atoms in total. The number of ether oxygens (including phenoxy) is 1. The van der Waals surface area contributed by atoms with Crippen molar-refractivity contribution in [1.29, 1.82) is 0 Å². The van der Waals surface area contributed by atoms with Crippen LogP contribution in [0.1, 0.15) is 17.3 Å². The van der Waals surface area contributed by atoms with Crippen LogP contribution in [0.2, 0.25) is 0 Å². The Kier molecular flexibility index (Phi) is 4.53. The summed E-state index contributed by atoms with van der Waals surface area (Å²) in [7, 11) is 3.05. The fraction of sp³-hybridized carbons (Fsp3) is 0.333. The minimum Gasteiger partial charge on any atom is -0.496 e. The van der Waals surface area contributed by atoms with Gasteiger partial charge in [0.05, 0.1) is 7.11 Å². The zero-order valence-electron chi connectivity index (χ0n) is 10.6. The van der Waals surface area contributed by atoms with Crippen LogP contribution in [0.4, 0.5) is 10.5 Å². The summed E-state index contributed by atoms with van der Waals surface area (Å²) in [6, 6.07) is 4.13. The highest BCUT2D eigenvalue weighted by atomic mass is 16.5. The Morgan fingerprint density at radius 2 is 2.11 bits per heavy atom. The van der Waals surface area contributed by atoms with Gasteiger partial charge in [-0.2, -0.15) is 0 Å². The Bertz CT molecular complexity index is 459. The van der Waals surface area contributed by atoms with Crippen LogP contribution in [-0.4, -0.2) is 42.7 Å². The molecule has 1 aromatic rings. The van der Waals surface area contributed by atoms with Crippen molar-refractivity contribution in [1.82, 2.24) is 4.90 Å². The monoisotopic (exact) mass is 252 g/mol. The first-order valence-corrected chi connectivity index (χ1v) is 5.43. The quantitative estimate of drug-likeness (QED) is 0.857. The van der Waals surface area contributed by atoms with Gasteiger partial charge in [-0.05, 0) is 19.1 Å². The summed E-state index contributed by atoms with van der Waals surface area (Å²) in [6.45, 7) is 2.43. The Morgan fingerprint density at radius 1 is 1.44 bits per heavy atom. The van der Waals surface area contributed by atoms with Crippen molar-refractivity contribution in [2.45, 2.75) is 6.92 Å². The van der Waals surface area contributed by atoms with E-state index in [1.165, 1.54) is 30.2 Å². The molecular formula is C12H16N2O4. The molecule has 0 atom stereocenters. The molecule has 6 heteroatoms. The topological polar surface area (TPSA) is 78.9 Å². The minimum absolute atomic E-state index is 0.0549. The lowest BCUT2D eigenvalue weighted by Gasteiger charge is -2.16. The first-order chi connectivity index (χ1) is 8.49. The van der Waals surface area contributed by atoms with Gasteiger partial charge in [-0.25, -0.2) is 9.59 Å². The van der Waals surface area contributed by atoms with Crippen LogP contribution in [0.25, 0.3) is 0 Å². The molecule has 98 valence electrons. The van der Waals surface area contributed by atoms with Gasteiger partial charge in [0.2, 0.25) is 0 Å². The van der Waals surface area contributed by atoms with Crippen LogP contribution in [0.15, 0.2) is 18.2 Å². The number of nitrogens with one attached hydrogen (secondary N) is 1. The molecule has 0 saturated heterocycles. The number of carboxylic acid groups (broad SMARTS) is 1. The van der Waals surface area contributed by atoms with E-state index in [9.17, 15) is 9.59 Å². The molecule has 0 aromatic heterocycles. The summed E-state index contributed by atoms with van der Waals surface area (Å²) < 4.78 is 4.97. The second-order valence-corrected chi connectivity index (χ2v) is 3.66. The van der Waals surface area contributed by atoms with E-state index in [0.717, 1.165) is 0 Å². The minimum atomic E-state index is -1.07. The summed E-state index contributed by atoms with van der Waals surface area (Å²) in [6.07, 6.45) is 0. The van der Waals surface area contributed by atoms with Crippen LogP contribution in [0, 0.1) is 0 Å². The molecule has 0 radical (unpaired) electrons. The third kappa shape index (κ3) is 3.13. The summed E-state index contributed by atoms with van der Waals surface area (Å²) in [5.74, 6) is -0.866. The number of carboxylic acids is 1. The van der Waals surface area contributed by atoms with Crippen molar-refractivity contribution in [2.24, 2.45) is 0 Å². The standard InChI is InChI=1S/C12H16N2O4/c1-4-14(2)12(17)13-8-5-6-9(11(15)16)10(7-8)18-3/h5-7H,4H2,1-3H3,(H,13,17)(H,15,16). The number of aromatic carboxylic acids is 1. The number of amides is 2. The number of carbonyl (C=O) groups excluding carboxylic acids is 1. The third-order valence-electron chi connectivity index (χ3n) is 2.50. The van der Waals surface area contributed by atoms with Gasteiger partial charge in [0.1, 0.15) is 11.3 Å². The third-order valence-corrected chi connectivity index (χ3v) is 2.50. The van der Waals surface area contributed by atoms with Gasteiger partial charge in [0.25, 0.3) is 0 Å². The smallest absolute Gasteiger partial charge is 0.339 e. The van der Waals surface area contributed by atoms with Crippen LogP contribution >= 0.6 is 0 Å². The predicted molar refractivity (Wildman–Crippen MR) is 67.3 cm³/mol. The highest BCUT2D eigenvalue weighted by Gasteiger charge is 2.13. The predicted octanol–water partition coefficient (Wildman–Crippen LogP) is 1.88. The van der Waals surface area contributed by atoms with Crippen LogP contribution in [0.5, 0.6) is 5.75 Å². The first kappa shape index (κ1) is 13.8. The molecule has 0 heterocycles. The molecule has 0 saturated carbocycles. The Morgan fingerprint density at radius 3 is 2.61 bits per heavy atom. The molecule has 0 spiro atoms. The van der Waals surface area contributed by atoms with E-state index in [0.29, 0.717) is 12.2 Å². The molecule has 1 rings (SSSR count). The number of anilines is 1. The van der Waals surface area contributed by atoms with Gasteiger partial charge in [-0.15, -0.1) is 0 Å². The maximum atomic E-state index is 11.6. The Hall–Kier alpha value is -2.24. The number of methoxy groups -OCH3 is 1. The maximum Gasteiger partial charge on any atom is 0.339 e. The molecule has 0 unspecified atom stereocenters. The van der Waals surface area contributed by atoms with Crippen LogP contribution in [-0.2, 0) is 0 Å². The van der Waals surface area contributed by atoms with Gasteiger partial charge in [-0.3, -0.25) is 0 Å². The van der Waals surface area contributed by atoms with Crippen molar-refractivity contribution in [2.75, 3.05) is 26.0 Å². The van der Waals surface area contributed by atoms with Crippen molar-refractivity contribution < 1.29 is 19.4 Å². The Labute approximate surface area is 105 Å². The fourth-order valence-corrected chi connectivity index (χ4v) is 1.31. The molecule has 2 amide bonds. The number of benzene rings is 1. The van der Waals surface area contributed by atoms with E-state index in [1.54, 1.807) is 7.05 Å². The van der Waals surface area contributed by atoms with Gasteiger partial charge in [0, 0.05) is 25.3 Å². The van der Waals surface area contributed by atoms with E-state index in [-0.39, 0.29) is 17.3 Å². The molecule has 1 aromatic carbocycles. The summed E-state index contributed by atoms with van der Waals surface area (Å²) >= 11 is 0. The number of hydrogen-bond donors (Lipinski definition) is 2. The summed E-state index contributed by atoms with van der Waals surface area (Å²) in [5.41, 5.74) is 0.543. The normalized spacial score (nSPS) is 9.72. The zero-order valence-corrected chi connectivity index (χ0v) is 10.6. The highest BCUT2D eigenvalue weighted by Crippen LogP contribution is 2.23. The van der Waals surface area contributed by atoms with E-state index in [1.807, 2.05) is 6.92 Å². The van der Waals surface area contributed by atoms with Crippen LogP contribution < -0.4 is 10.1 Å². The Balaban J connectivity index is 2.92. The average molecular weight is 252 g/mol. The van der Waals surface area contributed by atoms with E-state index >= 15 is 0 Å². The number of carbonyl (C=O) groups is 2. The van der Waals surface area contributed by atoms with Crippen molar-refractivity contribution in [3.05, 3.63) is 23.8 Å². The van der Waals surface area contributed by atoms with Crippen LogP contribution in [0.3, 0.4) is 0 Å². The molecule has 18 heavy (non-hydrogen) atoms. The first-order valence-electron chi connectivity index (χ1n) is 5.43. The molecule has 2 N–H and O–H groups in total. The van der Waals surface area contributed by atoms with Crippen molar-refractivity contribution in [3.63, 3.8) is 0 Å². The SMILES string of the molecule is CCN(C)C(=O)Nc1ccc(C(=O)O)c(OC)c1. The number of hydrogen-bond acceptors (Lipinski definition) is 3. The fourth-order valence-electron chi connectivity index (χ4n) is 1.31. The summed E-state index contributed by atoms with van der Waals surface area (Å²) in [5, 5.41) is 11.6. The van der Waals surface area contributed by atoms with Gasteiger partial charge in [0.15, 0.2) is 0 Å². The second kappa shape index (κ2) is 5.90. The molecular weight excluding hydrogens is 236 g/mol. The average Bonchev–Trinajstić information content (AvgIpc) is 2.37. The number of nitrogens with zero attached hydrogens (tertiary/aromatic N) is 1. The molecule has 0 aliphatic carbocycles. The van der Waals surface area contributed by atoms with Crippen molar-refractivity contribution in [3.8, 4) is 5.75 Å². The number of rotatable bonds is 4. The van der Waals surface area contributed by atoms with Gasteiger partial charge < -0.3 is 20.1 Å². The summed E-state index contributed by atoms with van der Waals surface area (Å²) in [4.78, 5) is 24.0. The second-order valence-electron chi connectivity index (χ2n) is 3.66. The molecule has 0 bridgehead atoms. The zero-order chi connectivity index (χ0) is 13.7. The maximum absolute atomic E-state index is 11.6. The lowest BCUT2D eigenvalue weighted by Crippen LogP contribution is -2.30. The molecule has 0 fully saturated rings. The van der Waals surface area contributed by atoms with E-state index < -0.39 is 5.97 Å². The lowest BCUT2D eigenvalue weighted by molar-refractivity contribution is 0.0693. The highest BCUT2D eigenvalue weighted by molar-refractivity contribution is 5.94. The number of urea groups is 1. The van der Waals surface area contributed by atoms with Crippen molar-refractivity contribution >= 4 is 17.7 Å². The van der Waals surface area contributed by atoms with E-state index in [2.05, 4.69) is 5.32 Å². The van der Waals surface area contributed by atoms with Gasteiger partial charge in [-0.1, -0.05) is 0 Å².